The number of benzene rings is 8. The van der Waals surface area contributed by atoms with Gasteiger partial charge in [0, 0.05) is 27.3 Å². The molecule has 0 saturated heterocycles. The fraction of sp³-hybridized carbons (Fsp3) is 0. The van der Waals surface area contributed by atoms with Crippen molar-refractivity contribution >= 4 is 75.9 Å². The molecule has 10 rings (SSSR count). The van der Waals surface area contributed by atoms with Crippen LogP contribution in [0.3, 0.4) is 0 Å². The van der Waals surface area contributed by atoms with E-state index in [0.717, 1.165) is 60.9 Å². The Labute approximate surface area is 258 Å². The summed E-state index contributed by atoms with van der Waals surface area (Å²) < 4.78 is 6.29. The third kappa shape index (κ3) is 3.58. The minimum Gasteiger partial charge on any atom is -0.456 e. The molecule has 0 spiro atoms. The number of para-hydroxylation sites is 1. The summed E-state index contributed by atoms with van der Waals surface area (Å²) in [5.74, 6) is 0.721. The SMILES string of the molecule is c1ccc(-c2nc(-c3ccc4c(c3)c3ccccc3c3cc5oc6ccccc6c5cc43)nc3ccc4ccccc4c23)cc1. The van der Waals surface area contributed by atoms with E-state index in [9.17, 15) is 0 Å². The zero-order valence-corrected chi connectivity index (χ0v) is 24.2. The standard InChI is InChI=1S/C42H24N2O/c1-2-11-26(12-3-1)41-40-28-13-5-4-10-25(28)19-21-37(40)43-42(44-41)27-18-20-31-33(22-27)29-14-6-7-15-30(29)35-24-39-36(23-34(31)35)32-16-8-9-17-38(32)45-39/h1-24H. The average Bonchev–Trinajstić information content (AvgIpc) is 3.48. The first-order valence-corrected chi connectivity index (χ1v) is 15.2. The molecule has 0 amide bonds. The lowest BCUT2D eigenvalue weighted by Gasteiger charge is -2.14. The number of fused-ring (bicyclic) bond motifs is 12. The number of rotatable bonds is 2. The third-order valence-electron chi connectivity index (χ3n) is 9.23. The molecule has 0 aliphatic rings. The van der Waals surface area contributed by atoms with Crippen LogP contribution in [0.2, 0.25) is 0 Å². The van der Waals surface area contributed by atoms with Crippen molar-refractivity contribution in [3.8, 4) is 22.6 Å². The van der Waals surface area contributed by atoms with Gasteiger partial charge in [-0.15, -0.1) is 0 Å². The fourth-order valence-electron chi connectivity index (χ4n) is 7.15. The van der Waals surface area contributed by atoms with Crippen LogP contribution in [0.15, 0.2) is 150 Å². The molecule has 208 valence electrons. The Hall–Kier alpha value is -6.06. The zero-order valence-electron chi connectivity index (χ0n) is 24.2. The van der Waals surface area contributed by atoms with E-state index < -0.39 is 0 Å². The van der Waals surface area contributed by atoms with E-state index in [2.05, 4.69) is 127 Å². The summed E-state index contributed by atoms with van der Waals surface area (Å²) in [5.41, 5.74) is 5.79. The molecule has 0 radical (unpaired) electrons. The highest BCUT2D eigenvalue weighted by Gasteiger charge is 2.17. The van der Waals surface area contributed by atoms with E-state index >= 15 is 0 Å². The van der Waals surface area contributed by atoms with Gasteiger partial charge in [0.1, 0.15) is 11.2 Å². The summed E-state index contributed by atoms with van der Waals surface area (Å²) in [7, 11) is 0. The van der Waals surface area contributed by atoms with E-state index in [-0.39, 0.29) is 0 Å². The second-order valence-electron chi connectivity index (χ2n) is 11.7. The Bertz CT molecular complexity index is 2810. The maximum atomic E-state index is 6.29. The molecule has 8 aromatic carbocycles. The fourth-order valence-corrected chi connectivity index (χ4v) is 7.15. The van der Waals surface area contributed by atoms with Crippen molar-refractivity contribution in [1.82, 2.24) is 9.97 Å². The maximum absolute atomic E-state index is 6.29. The maximum Gasteiger partial charge on any atom is 0.160 e. The van der Waals surface area contributed by atoms with Gasteiger partial charge in [0.2, 0.25) is 0 Å². The van der Waals surface area contributed by atoms with Crippen molar-refractivity contribution < 1.29 is 4.42 Å². The molecule has 0 N–H and O–H groups in total. The van der Waals surface area contributed by atoms with Crippen molar-refractivity contribution in [1.29, 1.82) is 0 Å². The van der Waals surface area contributed by atoms with Crippen LogP contribution in [-0.2, 0) is 0 Å². The van der Waals surface area contributed by atoms with Crippen LogP contribution >= 0.6 is 0 Å². The lowest BCUT2D eigenvalue weighted by atomic mass is 9.92. The largest absolute Gasteiger partial charge is 0.456 e. The molecule has 2 aromatic heterocycles. The van der Waals surface area contributed by atoms with Gasteiger partial charge in [0.05, 0.1) is 11.2 Å². The van der Waals surface area contributed by atoms with E-state index in [4.69, 9.17) is 14.4 Å². The van der Waals surface area contributed by atoms with Crippen LogP contribution in [0.1, 0.15) is 0 Å². The Morgan fingerprint density at radius 1 is 0.378 bits per heavy atom. The normalized spacial score (nSPS) is 12.0. The summed E-state index contributed by atoms with van der Waals surface area (Å²) in [6, 6.07) is 51.3. The highest BCUT2D eigenvalue weighted by molar-refractivity contribution is 6.28. The molecule has 2 heterocycles. The summed E-state index contributed by atoms with van der Waals surface area (Å²) in [5, 5.41) is 12.9. The van der Waals surface area contributed by atoms with E-state index in [1.165, 1.54) is 37.7 Å². The quantitative estimate of drug-likeness (QED) is 0.193. The molecule has 0 fully saturated rings. The minimum atomic E-state index is 0.721. The predicted octanol–water partition coefficient (Wildman–Crippen LogP) is 11.5. The van der Waals surface area contributed by atoms with Gasteiger partial charge in [-0.2, -0.15) is 0 Å². The van der Waals surface area contributed by atoms with Gasteiger partial charge in [-0.1, -0.05) is 115 Å². The number of nitrogens with zero attached hydrogens (tertiary/aromatic N) is 2. The van der Waals surface area contributed by atoms with Gasteiger partial charge >= 0.3 is 0 Å². The molecular formula is C42H24N2O. The van der Waals surface area contributed by atoms with Gasteiger partial charge in [0.25, 0.3) is 0 Å². The Balaban J connectivity index is 1.28. The second-order valence-corrected chi connectivity index (χ2v) is 11.7. The number of furan rings is 1. The minimum absolute atomic E-state index is 0.721. The van der Waals surface area contributed by atoms with Crippen molar-refractivity contribution in [3.05, 3.63) is 146 Å². The Kier molecular flexibility index (Phi) is 5.00. The second kappa shape index (κ2) is 9.22. The van der Waals surface area contributed by atoms with Gasteiger partial charge in [-0.25, -0.2) is 9.97 Å². The van der Waals surface area contributed by atoms with Crippen LogP contribution in [0.5, 0.6) is 0 Å². The van der Waals surface area contributed by atoms with Crippen LogP contribution in [0, 0.1) is 0 Å². The third-order valence-corrected chi connectivity index (χ3v) is 9.23. The molecule has 10 aromatic rings. The van der Waals surface area contributed by atoms with E-state index in [0.29, 0.717) is 0 Å². The lowest BCUT2D eigenvalue weighted by molar-refractivity contribution is 0.669. The molecule has 3 nitrogen and oxygen atoms in total. The van der Waals surface area contributed by atoms with Crippen LogP contribution in [0.4, 0.5) is 0 Å². The van der Waals surface area contributed by atoms with E-state index in [1.807, 2.05) is 18.2 Å². The first-order chi connectivity index (χ1) is 22.3. The zero-order chi connectivity index (χ0) is 29.5. The van der Waals surface area contributed by atoms with E-state index in [1.54, 1.807) is 0 Å². The summed E-state index contributed by atoms with van der Waals surface area (Å²) in [6.45, 7) is 0. The van der Waals surface area contributed by atoms with Crippen molar-refractivity contribution in [3.63, 3.8) is 0 Å². The van der Waals surface area contributed by atoms with Gasteiger partial charge in [0.15, 0.2) is 5.82 Å². The Morgan fingerprint density at radius 3 is 1.89 bits per heavy atom. The molecule has 0 aliphatic carbocycles. The molecule has 0 saturated carbocycles. The summed E-state index contributed by atoms with van der Waals surface area (Å²) >= 11 is 0. The molecule has 0 aliphatic heterocycles. The van der Waals surface area contributed by atoms with Crippen molar-refractivity contribution in [2.75, 3.05) is 0 Å². The van der Waals surface area contributed by atoms with Gasteiger partial charge in [-0.3, -0.25) is 0 Å². The molecular weight excluding hydrogens is 548 g/mol. The smallest absolute Gasteiger partial charge is 0.160 e. The van der Waals surface area contributed by atoms with Crippen LogP contribution in [-0.4, -0.2) is 9.97 Å². The molecule has 45 heavy (non-hydrogen) atoms. The lowest BCUT2D eigenvalue weighted by Crippen LogP contribution is -1.96. The molecule has 3 heteroatoms. The van der Waals surface area contributed by atoms with Crippen molar-refractivity contribution in [2.24, 2.45) is 0 Å². The van der Waals surface area contributed by atoms with Crippen LogP contribution in [0.25, 0.3) is 98.6 Å². The summed E-state index contributed by atoms with van der Waals surface area (Å²) in [4.78, 5) is 10.5. The topological polar surface area (TPSA) is 38.9 Å². The monoisotopic (exact) mass is 572 g/mol. The highest BCUT2D eigenvalue weighted by atomic mass is 16.3. The number of hydrogen-bond donors (Lipinski definition) is 0. The van der Waals surface area contributed by atoms with Gasteiger partial charge in [-0.05, 0) is 73.4 Å². The number of aromatic nitrogens is 2. The van der Waals surface area contributed by atoms with Crippen molar-refractivity contribution in [2.45, 2.75) is 0 Å². The molecule has 0 unspecified atom stereocenters. The van der Waals surface area contributed by atoms with Crippen LogP contribution < -0.4 is 0 Å². The first kappa shape index (κ1) is 24.4. The molecule has 0 atom stereocenters. The average molecular weight is 573 g/mol. The molecule has 0 bridgehead atoms. The Morgan fingerprint density at radius 2 is 1.04 bits per heavy atom. The van der Waals surface area contributed by atoms with Gasteiger partial charge < -0.3 is 4.42 Å². The first-order valence-electron chi connectivity index (χ1n) is 15.2. The summed E-state index contributed by atoms with van der Waals surface area (Å²) in [6.07, 6.45) is 0. The highest BCUT2D eigenvalue weighted by Crippen LogP contribution is 2.41. The predicted molar refractivity (Wildman–Crippen MR) is 188 cm³/mol. The number of hydrogen-bond acceptors (Lipinski definition) is 3.